The van der Waals surface area contributed by atoms with Crippen LogP contribution in [0.1, 0.15) is 11.3 Å². The van der Waals surface area contributed by atoms with Gasteiger partial charge in [0.1, 0.15) is 11.8 Å². The number of nitrogen functional groups attached to an aromatic ring is 1. The third kappa shape index (κ3) is 2.28. The van der Waals surface area contributed by atoms with Gasteiger partial charge in [-0.15, -0.1) is 0 Å². The monoisotopic (exact) mass is 273 g/mol. The number of hydrogen-bond acceptors (Lipinski definition) is 2. The second-order valence-electron chi connectivity index (χ2n) is 5.02. The van der Waals surface area contributed by atoms with Crippen LogP contribution in [0.15, 0.2) is 60.8 Å². The molecule has 2 N–H and O–H groups in total. The molecule has 0 bridgehead atoms. The molecule has 0 radical (unpaired) electrons. The molecule has 0 saturated heterocycles. The van der Waals surface area contributed by atoms with E-state index in [-0.39, 0.29) is 0 Å². The number of benzene rings is 2. The highest BCUT2D eigenvalue weighted by atomic mass is 15.3. The van der Waals surface area contributed by atoms with Gasteiger partial charge in [-0.3, -0.25) is 4.68 Å². The average Bonchev–Trinajstić information content (AvgIpc) is 2.85. The van der Waals surface area contributed by atoms with Crippen molar-refractivity contribution in [3.63, 3.8) is 0 Å². The second-order valence-corrected chi connectivity index (χ2v) is 5.02. The Labute approximate surface area is 123 Å². The van der Waals surface area contributed by atoms with E-state index in [9.17, 15) is 5.26 Å². The summed E-state index contributed by atoms with van der Waals surface area (Å²) in [6, 6.07) is 20.3. The number of rotatable bonds is 2. The molecule has 102 valence electrons. The molecule has 0 saturated carbocycles. The third-order valence-electron chi connectivity index (χ3n) is 3.56. The van der Waals surface area contributed by atoms with Crippen molar-refractivity contribution in [2.45, 2.75) is 6.92 Å². The maximum atomic E-state index is 9.42. The highest BCUT2D eigenvalue weighted by Crippen LogP contribution is 2.35. The molecule has 0 atom stereocenters. The predicted molar refractivity (Wildman–Crippen MR) is 84.9 cm³/mol. The first kappa shape index (κ1) is 13.0. The fraction of sp³-hybridized carbons (Fsp3) is 0.0556. The fourth-order valence-corrected chi connectivity index (χ4v) is 2.49. The lowest BCUT2D eigenvalue weighted by molar-refractivity contribution is 0.996. The first-order valence-corrected chi connectivity index (χ1v) is 6.73. The largest absolute Gasteiger partial charge is 0.338 e. The Hall–Kier alpha value is -2.99. The van der Waals surface area contributed by atoms with E-state index in [1.165, 1.54) is 10.2 Å². The van der Waals surface area contributed by atoms with Crippen molar-refractivity contribution in [2.24, 2.45) is 0 Å². The van der Waals surface area contributed by atoms with Crippen molar-refractivity contribution in [1.29, 1.82) is 5.26 Å². The molecule has 0 aliphatic heterocycles. The van der Waals surface area contributed by atoms with Gasteiger partial charge in [0.2, 0.25) is 0 Å². The molecule has 1 heterocycles. The van der Waals surface area contributed by atoms with Gasteiger partial charge in [0.25, 0.3) is 0 Å². The Morgan fingerprint density at radius 1 is 0.952 bits per heavy atom. The molecule has 0 aliphatic carbocycles. The van der Waals surface area contributed by atoms with E-state index in [1.54, 1.807) is 0 Å². The third-order valence-corrected chi connectivity index (χ3v) is 3.56. The minimum atomic E-state index is 0.470. The topological polar surface area (TPSA) is 54.7 Å². The molecule has 3 rings (SSSR count). The van der Waals surface area contributed by atoms with Gasteiger partial charge >= 0.3 is 0 Å². The summed E-state index contributed by atoms with van der Waals surface area (Å²) in [6.07, 6.45) is 1.81. The van der Waals surface area contributed by atoms with Gasteiger partial charge < -0.3 is 5.84 Å². The van der Waals surface area contributed by atoms with Crippen LogP contribution in [0.3, 0.4) is 0 Å². The number of nitriles is 1. The fourth-order valence-electron chi connectivity index (χ4n) is 2.49. The van der Waals surface area contributed by atoms with Crippen LogP contribution >= 0.6 is 0 Å². The van der Waals surface area contributed by atoms with Gasteiger partial charge in [-0.25, -0.2) is 0 Å². The molecule has 3 heteroatoms. The summed E-state index contributed by atoms with van der Waals surface area (Å²) in [5.41, 5.74) is 5.56. The molecule has 0 spiro atoms. The van der Waals surface area contributed by atoms with Crippen molar-refractivity contribution in [3.05, 3.63) is 72.1 Å². The van der Waals surface area contributed by atoms with Crippen molar-refractivity contribution in [2.75, 3.05) is 5.84 Å². The Kier molecular flexibility index (Phi) is 3.21. The molecular formula is C18H15N3. The summed E-state index contributed by atoms with van der Waals surface area (Å²) in [4.78, 5) is 0. The summed E-state index contributed by atoms with van der Waals surface area (Å²) >= 11 is 0. The lowest BCUT2D eigenvalue weighted by Crippen LogP contribution is -2.08. The van der Waals surface area contributed by atoms with E-state index in [0.29, 0.717) is 5.69 Å². The van der Waals surface area contributed by atoms with Crippen LogP contribution in [0.5, 0.6) is 0 Å². The molecule has 2 aromatic carbocycles. The summed E-state index contributed by atoms with van der Waals surface area (Å²) in [5, 5.41) is 9.42. The van der Waals surface area contributed by atoms with Crippen LogP contribution < -0.4 is 5.84 Å². The molecule has 0 fully saturated rings. The summed E-state index contributed by atoms with van der Waals surface area (Å²) in [7, 11) is 0. The molecule has 1 aromatic heterocycles. The van der Waals surface area contributed by atoms with Crippen LogP contribution in [0.2, 0.25) is 0 Å². The van der Waals surface area contributed by atoms with E-state index >= 15 is 0 Å². The van der Waals surface area contributed by atoms with E-state index in [2.05, 4.69) is 6.07 Å². The predicted octanol–water partition coefficient (Wildman–Crippen LogP) is 3.72. The van der Waals surface area contributed by atoms with Crippen molar-refractivity contribution in [1.82, 2.24) is 4.68 Å². The molecule has 0 unspecified atom stereocenters. The standard InChI is InChI=1S/C18H15N3/c1-13-7-9-15(10-8-13)18-16(12-21(20)17(18)11-19)14-5-3-2-4-6-14/h2-10,12H,20H2,1H3. The molecule has 0 aliphatic rings. The lowest BCUT2D eigenvalue weighted by Gasteiger charge is -2.06. The molecule has 3 nitrogen and oxygen atoms in total. The van der Waals surface area contributed by atoms with Crippen LogP contribution in [0.25, 0.3) is 22.3 Å². The van der Waals surface area contributed by atoms with Crippen LogP contribution in [0.4, 0.5) is 0 Å². The molecule has 3 aromatic rings. The number of aryl methyl sites for hydroxylation is 1. The van der Waals surface area contributed by atoms with Gasteiger partial charge in [-0.1, -0.05) is 60.2 Å². The lowest BCUT2D eigenvalue weighted by atomic mass is 9.96. The summed E-state index contributed by atoms with van der Waals surface area (Å²) < 4.78 is 1.40. The molecule has 0 amide bonds. The normalized spacial score (nSPS) is 10.3. The zero-order valence-electron chi connectivity index (χ0n) is 11.7. The van der Waals surface area contributed by atoms with Gasteiger partial charge in [0.15, 0.2) is 0 Å². The second kappa shape index (κ2) is 5.18. The van der Waals surface area contributed by atoms with Gasteiger partial charge in [-0.05, 0) is 18.1 Å². The van der Waals surface area contributed by atoms with Crippen LogP contribution in [0, 0.1) is 18.3 Å². The highest BCUT2D eigenvalue weighted by molar-refractivity contribution is 5.87. The number of nitrogens with two attached hydrogens (primary N) is 1. The first-order valence-electron chi connectivity index (χ1n) is 6.73. The van der Waals surface area contributed by atoms with Crippen molar-refractivity contribution < 1.29 is 0 Å². The Morgan fingerprint density at radius 3 is 2.24 bits per heavy atom. The maximum absolute atomic E-state index is 9.42. The van der Waals surface area contributed by atoms with E-state index in [1.807, 2.05) is 67.7 Å². The first-order chi connectivity index (χ1) is 10.2. The van der Waals surface area contributed by atoms with Crippen LogP contribution in [-0.2, 0) is 0 Å². The van der Waals surface area contributed by atoms with Gasteiger partial charge in [0, 0.05) is 17.3 Å². The number of hydrogen-bond donors (Lipinski definition) is 1. The summed E-state index contributed by atoms with van der Waals surface area (Å²) in [5.74, 6) is 5.95. The zero-order chi connectivity index (χ0) is 14.8. The van der Waals surface area contributed by atoms with Gasteiger partial charge in [-0.2, -0.15) is 5.26 Å². The Balaban J connectivity index is 2.27. The highest BCUT2D eigenvalue weighted by Gasteiger charge is 2.17. The molecule has 21 heavy (non-hydrogen) atoms. The SMILES string of the molecule is Cc1ccc(-c2c(-c3ccccc3)cn(N)c2C#N)cc1. The van der Waals surface area contributed by atoms with Crippen LogP contribution in [-0.4, -0.2) is 4.68 Å². The van der Waals surface area contributed by atoms with E-state index in [4.69, 9.17) is 5.84 Å². The minimum absolute atomic E-state index is 0.470. The average molecular weight is 273 g/mol. The summed E-state index contributed by atoms with van der Waals surface area (Å²) in [6.45, 7) is 2.04. The minimum Gasteiger partial charge on any atom is -0.338 e. The Morgan fingerprint density at radius 2 is 1.62 bits per heavy atom. The van der Waals surface area contributed by atoms with Gasteiger partial charge in [0.05, 0.1) is 0 Å². The smallest absolute Gasteiger partial charge is 0.147 e. The number of aromatic nitrogens is 1. The number of nitrogens with zero attached hydrogens (tertiary/aromatic N) is 2. The zero-order valence-corrected chi connectivity index (χ0v) is 11.7. The quantitative estimate of drug-likeness (QED) is 0.723. The van der Waals surface area contributed by atoms with E-state index < -0.39 is 0 Å². The van der Waals surface area contributed by atoms with E-state index in [0.717, 1.165) is 22.3 Å². The van der Waals surface area contributed by atoms with Crippen molar-refractivity contribution >= 4 is 0 Å². The van der Waals surface area contributed by atoms with Crippen molar-refractivity contribution in [3.8, 4) is 28.3 Å². The Bertz CT molecular complexity index is 806. The maximum Gasteiger partial charge on any atom is 0.147 e. The molecular weight excluding hydrogens is 258 g/mol.